The second kappa shape index (κ2) is 32.8. The summed E-state index contributed by atoms with van der Waals surface area (Å²) in [7, 11) is 0. The molecule has 0 aromatic rings. The van der Waals surface area contributed by atoms with Crippen molar-refractivity contribution in [3.05, 3.63) is 72.9 Å². The average Bonchev–Trinajstić information content (AvgIpc) is 3.33. The molecule has 2 aliphatic rings. The van der Waals surface area contributed by atoms with E-state index in [0.29, 0.717) is 0 Å². The second-order valence-corrected chi connectivity index (χ2v) is 19.5. The summed E-state index contributed by atoms with van der Waals surface area (Å²) in [5.74, 6) is -3.81. The monoisotopic (exact) mass is 1050 g/mol. The quantitative estimate of drug-likeness (QED) is 0.0288. The molecule has 22 heteroatoms. The number of nitrogens with one attached hydrogen (secondary N) is 2. The van der Waals surface area contributed by atoms with Gasteiger partial charge in [-0.05, 0) is 47.0 Å². The van der Waals surface area contributed by atoms with Crippen LogP contribution in [0, 0.1) is 11.8 Å². The van der Waals surface area contributed by atoms with E-state index in [-0.39, 0.29) is 31.6 Å². The number of allylic oxidation sites excluding steroid dienone is 10. The molecule has 2 heterocycles. The molecule has 19 atom stereocenters. The topological polar surface area (TPSA) is 384 Å². The Morgan fingerprint density at radius 1 is 0.795 bits per heavy atom. The van der Waals surface area contributed by atoms with Crippen molar-refractivity contribution in [2.75, 3.05) is 19.8 Å². The van der Waals surface area contributed by atoms with E-state index in [2.05, 4.69) is 10.6 Å². The summed E-state index contributed by atoms with van der Waals surface area (Å²) < 4.78 is 23.4. The highest BCUT2D eigenvalue weighted by Gasteiger charge is 2.49. The van der Waals surface area contributed by atoms with Gasteiger partial charge in [0.15, 0.2) is 12.1 Å². The molecule has 0 saturated carbocycles. The van der Waals surface area contributed by atoms with Crippen LogP contribution in [0.4, 0.5) is 4.79 Å². The van der Waals surface area contributed by atoms with Crippen LogP contribution in [0.3, 0.4) is 0 Å². The molecule has 0 aromatic heterocycles. The molecule has 0 bridgehead atoms. The highest BCUT2D eigenvalue weighted by Crippen LogP contribution is 2.35. The van der Waals surface area contributed by atoms with Crippen LogP contribution in [0.25, 0.3) is 0 Å². The SMILES string of the molecule is C/C=C/C=C/C=C/C=C/[C@H](C)[C@@H](O)[C@@H](C)[C@H](C)OC(=O)C[C@H](O)C[C@H](O)CC[C@@H](O)[C@H](O)C[C@H](O)C[C@]1(O)C[C@H](O)[C@@H](NC(=O)NC(CO)(CO)CO)[C@H](C[C@H](/C=C/C=C/C)O[C@@H]2O[C@H](C)[C@@H](O)[C@H](N)[C@@H]2O)O1. The van der Waals surface area contributed by atoms with Gasteiger partial charge in [0.1, 0.15) is 17.7 Å². The maximum Gasteiger partial charge on any atom is 0.315 e. The molecule has 0 aromatic carbocycles. The molecule has 22 nitrogen and oxygen atoms in total. The second-order valence-electron chi connectivity index (χ2n) is 19.5. The first-order valence-corrected chi connectivity index (χ1v) is 25.0. The van der Waals surface area contributed by atoms with Crippen LogP contribution in [0.15, 0.2) is 72.9 Å². The summed E-state index contributed by atoms with van der Waals surface area (Å²) in [4.78, 5) is 25.9. The zero-order valence-electron chi connectivity index (χ0n) is 42.9. The van der Waals surface area contributed by atoms with Gasteiger partial charge in [-0.15, -0.1) is 0 Å². The summed E-state index contributed by atoms with van der Waals surface area (Å²) in [5.41, 5.74) is 4.15. The molecule has 2 aliphatic heterocycles. The van der Waals surface area contributed by atoms with Crippen molar-refractivity contribution in [1.29, 1.82) is 0 Å². The molecule has 0 aliphatic carbocycles. The normalized spacial score (nSPS) is 29.6. The number of hydrogen-bond donors (Lipinski definition) is 16. The van der Waals surface area contributed by atoms with Crippen LogP contribution in [0.1, 0.15) is 92.9 Å². The Hall–Kier alpha value is -3.50. The highest BCUT2D eigenvalue weighted by atomic mass is 16.7. The molecule has 2 saturated heterocycles. The maximum absolute atomic E-state index is 13.2. The molecule has 2 fully saturated rings. The molecule has 73 heavy (non-hydrogen) atoms. The van der Waals surface area contributed by atoms with Gasteiger partial charge in [0, 0.05) is 37.5 Å². The third kappa shape index (κ3) is 22.3. The summed E-state index contributed by atoms with van der Waals surface area (Å²) in [6, 6.07) is -3.61. The summed E-state index contributed by atoms with van der Waals surface area (Å²) >= 11 is 0. The fourth-order valence-corrected chi connectivity index (χ4v) is 8.37. The Morgan fingerprint density at radius 3 is 2.00 bits per heavy atom. The van der Waals surface area contributed by atoms with E-state index in [1.54, 1.807) is 39.0 Å². The van der Waals surface area contributed by atoms with Gasteiger partial charge in [0.05, 0.1) is 105 Å². The van der Waals surface area contributed by atoms with Gasteiger partial charge >= 0.3 is 12.0 Å². The van der Waals surface area contributed by atoms with E-state index >= 15 is 0 Å². The molecular formula is C51H87N3O19. The molecular weight excluding hydrogens is 959 g/mol. The summed E-state index contributed by atoms with van der Waals surface area (Å²) in [6.45, 7) is 7.77. The van der Waals surface area contributed by atoms with E-state index in [4.69, 9.17) is 24.7 Å². The van der Waals surface area contributed by atoms with E-state index in [9.17, 15) is 76.0 Å². The van der Waals surface area contributed by atoms with E-state index < -0.39 is 172 Å². The Balaban J connectivity index is 2.08. The number of esters is 1. The van der Waals surface area contributed by atoms with Gasteiger partial charge in [-0.3, -0.25) is 4.79 Å². The van der Waals surface area contributed by atoms with Crippen LogP contribution in [0.5, 0.6) is 0 Å². The number of ether oxygens (including phenoxy) is 4. The van der Waals surface area contributed by atoms with Crippen LogP contribution < -0.4 is 16.4 Å². The van der Waals surface area contributed by atoms with Crippen LogP contribution in [-0.4, -0.2) is 207 Å². The van der Waals surface area contributed by atoms with Crippen molar-refractivity contribution in [3.8, 4) is 0 Å². The predicted octanol–water partition coefficient (Wildman–Crippen LogP) is -1.14. The van der Waals surface area contributed by atoms with Crippen molar-refractivity contribution >= 4 is 12.0 Å². The maximum atomic E-state index is 13.2. The number of urea groups is 1. The van der Waals surface area contributed by atoms with Crippen molar-refractivity contribution in [3.63, 3.8) is 0 Å². The van der Waals surface area contributed by atoms with Crippen molar-refractivity contribution < 1.29 is 94.9 Å². The van der Waals surface area contributed by atoms with Crippen molar-refractivity contribution in [1.82, 2.24) is 10.6 Å². The standard InChI is InChI=1S/C51H87N3O19/c1-7-9-11-12-13-14-16-17-30(3)45(65)31(4)32(5)70-42(64)23-35(59)21-34(58)19-20-38(61)39(62)22-36(60)25-51(69)26-40(63)44(53-49(68)54-50(27-55,28-56)29-57)41(73-51)24-37(18-15-10-8-2)72-48-47(67)43(52)46(66)33(6)71-48/h7-18,30-41,43-48,55-63,65-67,69H,19-29,52H2,1-6H3,(H2,53,54,68)/b9-7+,10-8+,12-11+,14-13+,17-16+,18-15+/t30-,31-,32-,33+,34+,35+,36-,37-,38+,39+,40-,41-,43-,44+,45+,46+,47-,48-,51+/m0/s1. The van der Waals surface area contributed by atoms with Crippen LogP contribution >= 0.6 is 0 Å². The molecule has 0 unspecified atom stereocenters. The number of carbonyl (C=O) groups excluding carboxylic acids is 2. The number of aliphatic hydroxyl groups excluding tert-OH is 12. The lowest BCUT2D eigenvalue weighted by molar-refractivity contribution is -0.303. The zero-order chi connectivity index (χ0) is 55.1. The number of carbonyl (C=O) groups is 2. The number of rotatable bonds is 31. The molecule has 420 valence electrons. The van der Waals surface area contributed by atoms with Crippen molar-refractivity contribution in [2.24, 2.45) is 17.6 Å². The van der Waals surface area contributed by atoms with Crippen molar-refractivity contribution in [2.45, 2.75) is 202 Å². The number of nitrogens with two attached hydrogens (primary N) is 1. The number of hydrogen-bond acceptors (Lipinski definition) is 20. The smallest absolute Gasteiger partial charge is 0.315 e. The van der Waals surface area contributed by atoms with E-state index in [1.165, 1.54) is 13.0 Å². The fraction of sp³-hybridized carbons (Fsp3) is 0.725. The molecule has 2 amide bonds. The summed E-state index contributed by atoms with van der Waals surface area (Å²) in [6.07, 6.45) is 0.239. The third-order valence-electron chi connectivity index (χ3n) is 13.2. The fourth-order valence-electron chi connectivity index (χ4n) is 8.37. The first kappa shape index (κ1) is 65.6. The largest absolute Gasteiger partial charge is 0.462 e. The van der Waals surface area contributed by atoms with Gasteiger partial charge < -0.3 is 102 Å². The van der Waals surface area contributed by atoms with Crippen LogP contribution in [0.2, 0.25) is 0 Å². The predicted molar refractivity (Wildman–Crippen MR) is 268 cm³/mol. The third-order valence-corrected chi connectivity index (χ3v) is 13.2. The van der Waals surface area contributed by atoms with Gasteiger partial charge in [-0.2, -0.15) is 0 Å². The Kier molecular flexibility index (Phi) is 29.5. The van der Waals surface area contributed by atoms with E-state index in [0.717, 1.165) is 0 Å². The summed E-state index contributed by atoms with van der Waals surface area (Å²) in [5, 5.41) is 143. The highest BCUT2D eigenvalue weighted by molar-refractivity contribution is 5.75. The molecule has 0 spiro atoms. The molecule has 2 rings (SSSR count). The number of amides is 2. The van der Waals surface area contributed by atoms with Gasteiger partial charge in [0.2, 0.25) is 0 Å². The molecule has 17 N–H and O–H groups in total. The minimum absolute atomic E-state index is 0.133. The van der Waals surface area contributed by atoms with Crippen LogP contribution in [-0.2, 0) is 23.7 Å². The first-order valence-electron chi connectivity index (χ1n) is 25.0. The minimum Gasteiger partial charge on any atom is -0.462 e. The Bertz CT molecular complexity index is 1770. The lowest BCUT2D eigenvalue weighted by Crippen LogP contribution is -2.66. The van der Waals surface area contributed by atoms with E-state index in [1.807, 2.05) is 62.5 Å². The lowest BCUT2D eigenvalue weighted by Gasteiger charge is -2.47. The zero-order valence-corrected chi connectivity index (χ0v) is 42.9. The Morgan fingerprint density at radius 2 is 1.38 bits per heavy atom. The first-order chi connectivity index (χ1) is 34.4. The van der Waals surface area contributed by atoms with Gasteiger partial charge in [-0.25, -0.2) is 4.79 Å². The Labute approximate surface area is 428 Å². The number of aliphatic hydroxyl groups is 13. The minimum atomic E-state index is -2.35. The lowest BCUT2D eigenvalue weighted by atomic mass is 9.87. The average molecular weight is 1050 g/mol. The molecule has 0 radical (unpaired) electrons. The van der Waals surface area contributed by atoms with Gasteiger partial charge in [0.25, 0.3) is 0 Å². The van der Waals surface area contributed by atoms with Gasteiger partial charge in [-0.1, -0.05) is 86.8 Å².